The van der Waals surface area contributed by atoms with Crippen molar-refractivity contribution in [2.24, 2.45) is 5.10 Å². The summed E-state index contributed by atoms with van der Waals surface area (Å²) in [6, 6.07) is 18.1. The van der Waals surface area contributed by atoms with Gasteiger partial charge in [-0.2, -0.15) is 10.1 Å². The Morgan fingerprint density at radius 2 is 1.69 bits per heavy atom. The minimum Gasteiger partial charge on any atom is -0.344 e. The molecular formula is C25H27N3O. The third-order valence-corrected chi connectivity index (χ3v) is 5.72. The second kappa shape index (κ2) is 7.36. The summed E-state index contributed by atoms with van der Waals surface area (Å²) in [5.41, 5.74) is 5.86. The molecule has 2 aromatic carbocycles. The van der Waals surface area contributed by atoms with Gasteiger partial charge in [-0.1, -0.05) is 57.2 Å². The van der Waals surface area contributed by atoms with E-state index < -0.39 is 0 Å². The monoisotopic (exact) mass is 385 g/mol. The number of hydrogen-bond acceptors (Lipinski definition) is 3. The number of para-hydroxylation sites is 2. The van der Waals surface area contributed by atoms with Crippen molar-refractivity contribution in [1.29, 1.82) is 0 Å². The fourth-order valence-electron chi connectivity index (χ4n) is 4.22. The molecule has 0 saturated carbocycles. The van der Waals surface area contributed by atoms with Crippen LogP contribution in [0, 0.1) is 0 Å². The molecule has 2 aliphatic heterocycles. The van der Waals surface area contributed by atoms with Crippen LogP contribution in [0.5, 0.6) is 0 Å². The molecule has 4 nitrogen and oxygen atoms in total. The van der Waals surface area contributed by atoms with Gasteiger partial charge in [0.25, 0.3) is 5.91 Å². The summed E-state index contributed by atoms with van der Waals surface area (Å²) < 4.78 is 0. The number of hydrogen-bond donors (Lipinski definition) is 0. The first kappa shape index (κ1) is 19.2. The van der Waals surface area contributed by atoms with Crippen LogP contribution in [0.25, 0.3) is 0 Å². The van der Waals surface area contributed by atoms with Crippen molar-refractivity contribution in [3.63, 3.8) is 0 Å². The summed E-state index contributed by atoms with van der Waals surface area (Å²) in [5, 5.41) is 5.97. The van der Waals surface area contributed by atoms with Crippen LogP contribution in [0.4, 0.5) is 11.4 Å². The molecule has 4 heteroatoms. The van der Waals surface area contributed by atoms with Crippen LogP contribution in [-0.4, -0.2) is 18.2 Å². The molecule has 2 heterocycles. The number of amides is 1. The number of benzene rings is 2. The van der Waals surface area contributed by atoms with Crippen molar-refractivity contribution in [2.45, 2.75) is 39.5 Å². The van der Waals surface area contributed by atoms with Gasteiger partial charge in [0.2, 0.25) is 0 Å². The lowest BCUT2D eigenvalue weighted by atomic mass is 9.83. The number of hydrazone groups is 1. The quantitative estimate of drug-likeness (QED) is 0.658. The van der Waals surface area contributed by atoms with E-state index in [9.17, 15) is 4.79 Å². The predicted octanol–water partition coefficient (Wildman–Crippen LogP) is 5.43. The number of rotatable bonds is 4. The van der Waals surface area contributed by atoms with Gasteiger partial charge in [0, 0.05) is 23.3 Å². The number of nitrogens with zero attached hydrogens (tertiary/aromatic N) is 3. The molecule has 0 spiro atoms. The van der Waals surface area contributed by atoms with Crippen molar-refractivity contribution in [2.75, 3.05) is 16.5 Å². The summed E-state index contributed by atoms with van der Waals surface area (Å²) in [5.74, 6) is -0.0825. The maximum absolute atomic E-state index is 13.0. The molecule has 0 bridgehead atoms. The average molecular weight is 386 g/mol. The molecule has 1 amide bonds. The van der Waals surface area contributed by atoms with Crippen LogP contribution in [0.15, 0.2) is 83.1 Å². The Hall–Kier alpha value is -3.14. The molecular weight excluding hydrogens is 358 g/mol. The third-order valence-electron chi connectivity index (χ3n) is 5.72. The van der Waals surface area contributed by atoms with Gasteiger partial charge in [-0.25, -0.2) is 0 Å². The number of allylic oxidation sites excluding steroid dienone is 3. The molecule has 148 valence electrons. The number of carbonyl (C=O) groups excluding carboxylic acids is 1. The zero-order chi connectivity index (χ0) is 20.6. The van der Waals surface area contributed by atoms with E-state index in [0.717, 1.165) is 24.4 Å². The lowest BCUT2D eigenvalue weighted by molar-refractivity contribution is -0.114. The zero-order valence-corrected chi connectivity index (χ0v) is 17.5. The molecule has 29 heavy (non-hydrogen) atoms. The molecule has 0 saturated heterocycles. The Bertz CT molecular complexity index is 1030. The van der Waals surface area contributed by atoms with Gasteiger partial charge in [-0.3, -0.25) is 4.79 Å². The molecule has 2 aromatic rings. The van der Waals surface area contributed by atoms with E-state index in [1.54, 1.807) is 0 Å². The van der Waals surface area contributed by atoms with Crippen molar-refractivity contribution in [1.82, 2.24) is 0 Å². The summed E-state index contributed by atoms with van der Waals surface area (Å²) in [4.78, 5) is 15.4. The zero-order valence-electron chi connectivity index (χ0n) is 17.5. The summed E-state index contributed by atoms with van der Waals surface area (Å²) in [7, 11) is 0. The Morgan fingerprint density at radius 1 is 1.00 bits per heavy atom. The number of fused-ring (bicyclic) bond motifs is 1. The van der Waals surface area contributed by atoms with Crippen LogP contribution in [-0.2, 0) is 10.2 Å². The normalized spacial score (nSPS) is 20.6. The van der Waals surface area contributed by atoms with Crippen LogP contribution < -0.4 is 9.91 Å². The largest absolute Gasteiger partial charge is 0.344 e. The fourth-order valence-corrected chi connectivity index (χ4v) is 4.22. The van der Waals surface area contributed by atoms with E-state index in [-0.39, 0.29) is 11.3 Å². The maximum atomic E-state index is 13.0. The minimum absolute atomic E-state index is 0.0825. The highest BCUT2D eigenvalue weighted by Crippen LogP contribution is 2.47. The van der Waals surface area contributed by atoms with E-state index in [1.807, 2.05) is 43.3 Å². The van der Waals surface area contributed by atoms with Crippen molar-refractivity contribution in [3.8, 4) is 0 Å². The van der Waals surface area contributed by atoms with Crippen LogP contribution >= 0.6 is 0 Å². The molecule has 4 rings (SSSR count). The smallest absolute Gasteiger partial charge is 0.280 e. The Labute approximate surface area is 172 Å². The summed E-state index contributed by atoms with van der Waals surface area (Å²) >= 11 is 0. The standard InChI is InChI=1S/C25H27N3O/c1-5-17-27-22-14-10-9-13-21(22)25(3,4)23(27)16-15-20-18(2)26-28(24(20)29)19-11-7-6-8-12-19/h6-16H,5,17H2,1-4H3/b20-15+,23-16+. The predicted molar refractivity (Wildman–Crippen MR) is 120 cm³/mol. The van der Waals surface area contributed by atoms with Crippen molar-refractivity contribution in [3.05, 3.63) is 83.6 Å². The van der Waals surface area contributed by atoms with Gasteiger partial charge in [0.15, 0.2) is 0 Å². The van der Waals surface area contributed by atoms with E-state index in [4.69, 9.17) is 0 Å². The van der Waals surface area contributed by atoms with Gasteiger partial charge in [-0.05, 0) is 49.3 Å². The van der Waals surface area contributed by atoms with Crippen molar-refractivity contribution < 1.29 is 4.79 Å². The molecule has 2 aliphatic rings. The van der Waals surface area contributed by atoms with E-state index in [0.29, 0.717) is 5.57 Å². The average Bonchev–Trinajstić information content (AvgIpc) is 3.12. The minimum atomic E-state index is -0.116. The van der Waals surface area contributed by atoms with Gasteiger partial charge in [0.1, 0.15) is 0 Å². The summed E-state index contributed by atoms with van der Waals surface area (Å²) in [6.07, 6.45) is 5.10. The molecule has 0 unspecified atom stereocenters. The molecule has 0 radical (unpaired) electrons. The highest BCUT2D eigenvalue weighted by atomic mass is 16.2. The summed E-state index contributed by atoms with van der Waals surface area (Å²) in [6.45, 7) is 9.54. The first-order valence-corrected chi connectivity index (χ1v) is 10.2. The molecule has 0 aromatic heterocycles. The fraction of sp³-hybridized carbons (Fsp3) is 0.280. The Kier molecular flexibility index (Phi) is 4.87. The van der Waals surface area contributed by atoms with Crippen LogP contribution in [0.2, 0.25) is 0 Å². The van der Waals surface area contributed by atoms with E-state index in [1.165, 1.54) is 22.0 Å². The van der Waals surface area contributed by atoms with E-state index >= 15 is 0 Å². The lowest BCUT2D eigenvalue weighted by Gasteiger charge is -2.26. The molecule has 0 aliphatic carbocycles. The molecule has 0 atom stereocenters. The first-order chi connectivity index (χ1) is 13.9. The highest BCUT2D eigenvalue weighted by Gasteiger charge is 2.39. The topological polar surface area (TPSA) is 35.9 Å². The van der Waals surface area contributed by atoms with Gasteiger partial charge >= 0.3 is 0 Å². The first-order valence-electron chi connectivity index (χ1n) is 10.2. The second-order valence-corrected chi connectivity index (χ2v) is 8.06. The van der Waals surface area contributed by atoms with Crippen molar-refractivity contribution >= 4 is 23.0 Å². The van der Waals surface area contributed by atoms with Crippen LogP contribution in [0.1, 0.15) is 39.7 Å². The molecule has 0 N–H and O–H groups in total. The highest BCUT2D eigenvalue weighted by molar-refractivity contribution is 6.29. The number of carbonyl (C=O) groups is 1. The number of anilines is 2. The van der Waals surface area contributed by atoms with E-state index in [2.05, 4.69) is 61.1 Å². The lowest BCUT2D eigenvalue weighted by Crippen LogP contribution is -2.27. The van der Waals surface area contributed by atoms with Gasteiger partial charge in [0.05, 0.1) is 17.0 Å². The SMILES string of the molecule is CCCN1/C(=C/C=C2/C(=O)N(c3ccccc3)N=C2C)C(C)(C)c2ccccc21. The van der Waals surface area contributed by atoms with Gasteiger partial charge in [-0.15, -0.1) is 0 Å². The Balaban J connectivity index is 1.72. The Morgan fingerprint density at radius 3 is 2.41 bits per heavy atom. The van der Waals surface area contributed by atoms with Gasteiger partial charge < -0.3 is 4.90 Å². The maximum Gasteiger partial charge on any atom is 0.280 e. The molecule has 0 fully saturated rings. The van der Waals surface area contributed by atoms with Crippen LogP contribution in [0.3, 0.4) is 0 Å². The third kappa shape index (κ3) is 3.19. The second-order valence-electron chi connectivity index (χ2n) is 8.06.